The van der Waals surface area contributed by atoms with Gasteiger partial charge in [0.15, 0.2) is 0 Å². The third-order valence-electron chi connectivity index (χ3n) is 9.72. The smallest absolute Gasteiger partial charge is 0.416 e. The van der Waals surface area contributed by atoms with Crippen molar-refractivity contribution in [3.8, 4) is 0 Å². The van der Waals surface area contributed by atoms with Crippen LogP contribution in [0.1, 0.15) is 68.5 Å². The SMILES string of the molecule is Cc1nc2cc(S(=O)(=O)N(C)c3ccc([C@H]4CCC[C@@H](C(=O)Nc5ccc(C(F)(F)F)cc5F)[C@@H]4C(=O)O)cc3)cc(CCNC(=O)OC(C)(C)C)c2n1C. The van der Waals surface area contributed by atoms with E-state index in [1.165, 1.54) is 25.2 Å². The Morgan fingerprint density at radius 2 is 1.71 bits per heavy atom. The Hall–Kier alpha value is -5.19. The molecule has 4 aromatic rings. The normalized spacial score (nSPS) is 17.8. The Kier molecular flexibility index (Phi) is 11.6. The van der Waals surface area contributed by atoms with E-state index >= 15 is 0 Å². The minimum Gasteiger partial charge on any atom is -0.481 e. The largest absolute Gasteiger partial charge is 0.481 e. The highest BCUT2D eigenvalue weighted by atomic mass is 32.2. The molecule has 1 aliphatic rings. The summed E-state index contributed by atoms with van der Waals surface area (Å²) < 4.78 is 89.9. The predicted molar refractivity (Wildman–Crippen MR) is 197 cm³/mol. The number of hydrogen-bond acceptors (Lipinski definition) is 7. The molecule has 1 aliphatic carbocycles. The molecule has 1 heterocycles. The Bertz CT molecular complexity index is 2220. The van der Waals surface area contributed by atoms with Crippen LogP contribution in [0.2, 0.25) is 0 Å². The minimum atomic E-state index is -4.79. The van der Waals surface area contributed by atoms with E-state index in [1.54, 1.807) is 45.9 Å². The average molecular weight is 790 g/mol. The van der Waals surface area contributed by atoms with Gasteiger partial charge in [-0.15, -0.1) is 0 Å². The van der Waals surface area contributed by atoms with Gasteiger partial charge >= 0.3 is 18.2 Å². The summed E-state index contributed by atoms with van der Waals surface area (Å²) in [4.78, 5) is 42.6. The van der Waals surface area contributed by atoms with Crippen LogP contribution in [-0.2, 0) is 44.0 Å². The molecule has 0 bridgehead atoms. The molecule has 1 aromatic heterocycles. The van der Waals surface area contributed by atoms with Crippen LogP contribution in [0.3, 0.4) is 0 Å². The van der Waals surface area contributed by atoms with Crippen LogP contribution in [0.4, 0.5) is 33.7 Å². The number of carbonyl (C=O) groups is 3. The van der Waals surface area contributed by atoms with Gasteiger partial charge < -0.3 is 25.0 Å². The number of amides is 2. The van der Waals surface area contributed by atoms with E-state index in [2.05, 4.69) is 15.6 Å². The first-order valence-electron chi connectivity index (χ1n) is 17.5. The maximum Gasteiger partial charge on any atom is 0.416 e. The Morgan fingerprint density at radius 1 is 1.04 bits per heavy atom. The molecular weight excluding hydrogens is 747 g/mol. The van der Waals surface area contributed by atoms with Gasteiger partial charge in [0.1, 0.15) is 17.2 Å². The number of imidazole rings is 1. The summed E-state index contributed by atoms with van der Waals surface area (Å²) in [6.07, 6.45) is -4.14. The molecule has 2 amide bonds. The zero-order valence-electron chi connectivity index (χ0n) is 31.1. The summed E-state index contributed by atoms with van der Waals surface area (Å²) in [6, 6.07) is 10.9. The van der Waals surface area contributed by atoms with Gasteiger partial charge in [0, 0.05) is 20.6 Å². The Labute approximate surface area is 315 Å². The number of hydrogen-bond donors (Lipinski definition) is 3. The van der Waals surface area contributed by atoms with Crippen molar-refractivity contribution < 1.29 is 50.2 Å². The van der Waals surface area contributed by atoms with Crippen molar-refractivity contribution in [1.29, 1.82) is 0 Å². The highest BCUT2D eigenvalue weighted by Crippen LogP contribution is 2.43. The van der Waals surface area contributed by atoms with Crippen LogP contribution < -0.4 is 14.9 Å². The number of rotatable bonds is 10. The van der Waals surface area contributed by atoms with Gasteiger partial charge in [-0.3, -0.25) is 13.9 Å². The van der Waals surface area contributed by atoms with Gasteiger partial charge in [0.2, 0.25) is 5.91 Å². The Morgan fingerprint density at radius 3 is 2.31 bits per heavy atom. The third kappa shape index (κ3) is 9.03. The van der Waals surface area contributed by atoms with E-state index in [-0.39, 0.29) is 36.0 Å². The first-order chi connectivity index (χ1) is 25.6. The van der Waals surface area contributed by atoms with E-state index in [0.29, 0.717) is 46.9 Å². The average Bonchev–Trinajstić information content (AvgIpc) is 3.39. The molecule has 0 radical (unpaired) electrons. The number of aliphatic carboxylic acids is 1. The molecule has 0 unspecified atom stereocenters. The Balaban J connectivity index is 1.36. The van der Waals surface area contributed by atoms with Crippen molar-refractivity contribution in [2.24, 2.45) is 18.9 Å². The van der Waals surface area contributed by atoms with Gasteiger partial charge in [-0.05, 0) is 106 Å². The van der Waals surface area contributed by atoms with E-state index in [0.717, 1.165) is 10.4 Å². The van der Waals surface area contributed by atoms with Gasteiger partial charge in [0.05, 0.1) is 44.7 Å². The van der Waals surface area contributed by atoms with Gasteiger partial charge in [-0.2, -0.15) is 13.2 Å². The number of alkyl carbamates (subject to hydrolysis) is 1. The molecule has 296 valence electrons. The second-order valence-corrected chi connectivity index (χ2v) is 16.6. The highest BCUT2D eigenvalue weighted by Gasteiger charge is 2.43. The molecule has 0 spiro atoms. The summed E-state index contributed by atoms with van der Waals surface area (Å²) in [5.74, 6) is -5.82. The summed E-state index contributed by atoms with van der Waals surface area (Å²) in [5, 5.41) is 15.2. The second kappa shape index (κ2) is 15.5. The molecule has 1 fully saturated rings. The topological polar surface area (TPSA) is 160 Å². The number of ether oxygens (including phenoxy) is 1. The lowest BCUT2D eigenvalue weighted by molar-refractivity contribution is -0.148. The molecular formula is C38H43F4N5O7S. The summed E-state index contributed by atoms with van der Waals surface area (Å²) in [7, 11) is -0.979. The van der Waals surface area contributed by atoms with Crippen molar-refractivity contribution in [1.82, 2.24) is 14.9 Å². The van der Waals surface area contributed by atoms with E-state index in [9.17, 15) is 45.5 Å². The molecule has 12 nitrogen and oxygen atoms in total. The van der Waals surface area contributed by atoms with Crippen LogP contribution in [-0.4, -0.2) is 60.2 Å². The van der Waals surface area contributed by atoms with Crippen molar-refractivity contribution in [2.75, 3.05) is 23.2 Å². The molecule has 0 aliphatic heterocycles. The standard InChI is InChI=1S/C38H43F4N5O7S/c1-21-44-31-20-26(18-23(33(31)46(21)5)16-17-43-36(51)54-37(2,3)4)55(52,53)47(6)25-13-10-22(11-14-25)27-8-7-9-28(32(27)35(49)50)34(48)45-30-15-12-24(19-29(30)39)38(40,41)42/h10-15,18-20,27-28,32H,7-9,16-17H2,1-6H3,(H,43,51)(H,45,48)(H,49,50)/t27-,28-,32-/m1/s1. The third-order valence-corrected chi connectivity index (χ3v) is 11.5. The summed E-state index contributed by atoms with van der Waals surface area (Å²) in [6.45, 7) is 7.19. The molecule has 3 aromatic carbocycles. The number of fused-ring (bicyclic) bond motifs is 1. The monoisotopic (exact) mass is 789 g/mol. The fourth-order valence-electron chi connectivity index (χ4n) is 6.94. The van der Waals surface area contributed by atoms with E-state index < -0.39 is 74.6 Å². The molecule has 3 N–H and O–H groups in total. The number of carboxylic acid groups (broad SMARTS) is 1. The number of nitrogens with one attached hydrogen (secondary N) is 2. The van der Waals surface area contributed by atoms with Crippen molar-refractivity contribution in [3.63, 3.8) is 0 Å². The molecule has 55 heavy (non-hydrogen) atoms. The second-order valence-electron chi connectivity index (χ2n) is 14.6. The maximum absolute atomic E-state index is 14.5. The van der Waals surface area contributed by atoms with Crippen LogP contribution in [0.15, 0.2) is 59.5 Å². The fourth-order valence-corrected chi connectivity index (χ4v) is 8.21. The van der Waals surface area contributed by atoms with Crippen molar-refractivity contribution >= 4 is 50.4 Å². The van der Waals surface area contributed by atoms with E-state index in [4.69, 9.17) is 4.74 Å². The van der Waals surface area contributed by atoms with Crippen molar-refractivity contribution in [3.05, 3.63) is 82.9 Å². The summed E-state index contributed by atoms with van der Waals surface area (Å²) >= 11 is 0. The van der Waals surface area contributed by atoms with Gasteiger partial charge in [-0.25, -0.2) is 22.6 Å². The zero-order valence-corrected chi connectivity index (χ0v) is 31.9. The number of sulfonamides is 1. The maximum atomic E-state index is 14.5. The van der Waals surface area contributed by atoms with E-state index in [1.807, 2.05) is 11.6 Å². The van der Waals surface area contributed by atoms with Gasteiger partial charge in [0.25, 0.3) is 10.0 Å². The first-order valence-corrected chi connectivity index (χ1v) is 18.9. The molecule has 0 saturated heterocycles. The quantitative estimate of drug-likeness (QED) is 0.143. The first kappa shape index (κ1) is 41.0. The summed E-state index contributed by atoms with van der Waals surface area (Å²) in [5.41, 5.74) is 0.179. The van der Waals surface area contributed by atoms with Gasteiger partial charge in [-0.1, -0.05) is 18.6 Å². The van der Waals surface area contributed by atoms with Crippen LogP contribution >= 0.6 is 0 Å². The number of benzene rings is 3. The highest BCUT2D eigenvalue weighted by molar-refractivity contribution is 7.92. The number of halogens is 4. The van der Waals surface area contributed by atoms with Crippen molar-refractivity contribution in [2.45, 2.75) is 76.0 Å². The number of carboxylic acids is 1. The molecule has 5 rings (SSSR count). The lowest BCUT2D eigenvalue weighted by Gasteiger charge is -2.35. The molecule has 17 heteroatoms. The molecule has 3 atom stereocenters. The predicted octanol–water partition coefficient (Wildman–Crippen LogP) is 7.16. The van der Waals surface area contributed by atoms with Crippen LogP contribution in [0.5, 0.6) is 0 Å². The number of aryl methyl sites for hydroxylation is 2. The van der Waals surface area contributed by atoms with Crippen LogP contribution in [0, 0.1) is 24.6 Å². The fraction of sp³-hybridized carbons (Fsp3) is 0.421. The number of alkyl halides is 3. The lowest BCUT2D eigenvalue weighted by atomic mass is 9.69. The zero-order chi connectivity index (χ0) is 40.6. The number of carbonyl (C=O) groups excluding carboxylic acids is 2. The van der Waals surface area contributed by atoms with Crippen LogP contribution in [0.25, 0.3) is 11.0 Å². The number of aromatic nitrogens is 2. The molecule has 1 saturated carbocycles. The number of nitrogens with zero attached hydrogens (tertiary/aromatic N) is 3. The lowest BCUT2D eigenvalue weighted by Crippen LogP contribution is -2.40. The number of anilines is 2. The minimum absolute atomic E-state index is 0.0338.